The van der Waals surface area contributed by atoms with Crippen molar-refractivity contribution in [2.24, 2.45) is 5.92 Å². The molecule has 1 aliphatic heterocycles. The molecule has 2 amide bonds. The summed E-state index contributed by atoms with van der Waals surface area (Å²) in [5, 5.41) is 13.6. The second kappa shape index (κ2) is 16.4. The van der Waals surface area contributed by atoms with Gasteiger partial charge >= 0.3 is 19.2 Å². The third-order valence-electron chi connectivity index (χ3n) is 8.93. The Labute approximate surface area is 314 Å². The smallest absolute Gasteiger partial charge is 0.498 e. The first kappa shape index (κ1) is 41.9. The van der Waals surface area contributed by atoms with Gasteiger partial charge in [-0.25, -0.2) is 9.59 Å². The van der Waals surface area contributed by atoms with E-state index in [4.69, 9.17) is 28.3 Å². The number of rotatable bonds is 13. The average molecular weight is 825 g/mol. The van der Waals surface area contributed by atoms with E-state index in [2.05, 4.69) is 27.9 Å². The second-order valence-electron chi connectivity index (χ2n) is 14.6. The van der Waals surface area contributed by atoms with Gasteiger partial charge in [-0.1, -0.05) is 19.1 Å². The van der Waals surface area contributed by atoms with Gasteiger partial charge in [-0.15, -0.1) is 0 Å². The Kier molecular flexibility index (Phi) is 13.5. The zero-order chi connectivity index (χ0) is 38.6. The Morgan fingerprint density at radius 3 is 2.12 bits per heavy atom. The molecule has 0 bridgehead atoms. The minimum atomic E-state index is -1.18. The monoisotopic (exact) mass is 824 g/mol. The molecule has 2 N–H and O–H groups in total. The Balaban J connectivity index is 1.87. The summed E-state index contributed by atoms with van der Waals surface area (Å²) in [5.41, 5.74) is -0.766. The number of carbonyl (C=O) groups is 4. The van der Waals surface area contributed by atoms with E-state index < -0.39 is 65.7 Å². The summed E-state index contributed by atoms with van der Waals surface area (Å²) in [7, 11) is 4.73. The first-order chi connectivity index (χ1) is 23.5. The number of halogens is 1. The number of hydrogen-bond donors (Lipinski definition) is 2. The number of nitrogens with one attached hydrogen (secondary N) is 1. The number of methoxy groups -OCH3 is 3. The highest BCUT2D eigenvalue weighted by molar-refractivity contribution is 14.1. The topological polar surface area (TPSA) is 159 Å². The van der Waals surface area contributed by atoms with Crippen LogP contribution in [0.1, 0.15) is 79.0 Å². The third-order valence-corrected chi connectivity index (χ3v) is 9.77. The fourth-order valence-electron chi connectivity index (χ4n) is 5.49. The molecule has 0 aliphatic carbocycles. The number of amides is 2. The van der Waals surface area contributed by atoms with E-state index >= 15 is 0 Å². The van der Waals surface area contributed by atoms with Gasteiger partial charge in [0.2, 0.25) is 5.91 Å². The van der Waals surface area contributed by atoms with E-state index in [0.717, 1.165) is 3.57 Å². The van der Waals surface area contributed by atoms with Crippen molar-refractivity contribution in [1.82, 2.24) is 10.2 Å². The van der Waals surface area contributed by atoms with Crippen LogP contribution in [0.3, 0.4) is 0 Å². The van der Waals surface area contributed by atoms with Gasteiger partial charge in [0.1, 0.15) is 23.4 Å². The molecule has 0 saturated carbocycles. The molecule has 0 unspecified atom stereocenters. The van der Waals surface area contributed by atoms with Crippen LogP contribution in [0.5, 0.6) is 17.2 Å². The van der Waals surface area contributed by atoms with Crippen LogP contribution in [0, 0.1) is 9.49 Å². The zero-order valence-corrected chi connectivity index (χ0v) is 33.6. The summed E-state index contributed by atoms with van der Waals surface area (Å²) in [6.07, 6.45) is -1.05. The number of benzene rings is 2. The number of aromatic hydroxyl groups is 1. The maximum Gasteiger partial charge on any atom is 0.498 e. The fourth-order valence-corrected chi connectivity index (χ4v) is 6.25. The lowest BCUT2D eigenvalue weighted by Gasteiger charge is -2.32. The average Bonchev–Trinajstić information content (AvgIpc) is 3.25. The summed E-state index contributed by atoms with van der Waals surface area (Å²) < 4.78 is 34.5. The van der Waals surface area contributed by atoms with E-state index in [-0.39, 0.29) is 24.3 Å². The van der Waals surface area contributed by atoms with Crippen molar-refractivity contribution in [1.29, 1.82) is 0 Å². The molecule has 51 heavy (non-hydrogen) atoms. The Bertz CT molecular complexity index is 1610. The quantitative estimate of drug-likeness (QED) is 0.164. The molecular formula is C36H50BIN2O11. The summed E-state index contributed by atoms with van der Waals surface area (Å²) in [4.78, 5) is 54.8. The van der Waals surface area contributed by atoms with Crippen LogP contribution in [0.2, 0.25) is 0 Å². The summed E-state index contributed by atoms with van der Waals surface area (Å²) in [5.74, 6) is -2.12. The number of esters is 1. The van der Waals surface area contributed by atoms with Crippen LogP contribution in [-0.2, 0) is 39.6 Å². The van der Waals surface area contributed by atoms with Crippen LogP contribution in [0.4, 0.5) is 4.79 Å². The van der Waals surface area contributed by atoms with Gasteiger partial charge in [0.15, 0.2) is 17.3 Å². The zero-order valence-electron chi connectivity index (χ0n) is 31.5. The number of phenols is 1. The number of Topliss-reactive ketones (excluding diaryl/α,β-unsaturated/α-hetero) is 1. The van der Waals surface area contributed by atoms with E-state index in [1.807, 2.05) is 27.7 Å². The number of ether oxygens (including phenoxy) is 4. The van der Waals surface area contributed by atoms with E-state index in [9.17, 15) is 24.3 Å². The van der Waals surface area contributed by atoms with Crippen molar-refractivity contribution < 1.29 is 52.5 Å². The van der Waals surface area contributed by atoms with Crippen LogP contribution < -0.4 is 20.3 Å². The first-order valence-corrected chi connectivity index (χ1v) is 17.6. The van der Waals surface area contributed by atoms with Gasteiger partial charge in [-0.3, -0.25) is 14.5 Å². The van der Waals surface area contributed by atoms with Crippen molar-refractivity contribution in [3.63, 3.8) is 0 Å². The summed E-state index contributed by atoms with van der Waals surface area (Å²) >= 11 is 2.08. The molecular weight excluding hydrogens is 774 g/mol. The number of phenolic OH excluding ortho intramolecular Hbond substituents is 1. The lowest BCUT2D eigenvalue weighted by atomic mass is 9.77. The van der Waals surface area contributed by atoms with Crippen molar-refractivity contribution in [3.8, 4) is 17.2 Å². The van der Waals surface area contributed by atoms with Crippen LogP contribution in [0.25, 0.3) is 0 Å². The normalized spacial score (nSPS) is 16.8. The second-order valence-corrected chi connectivity index (χ2v) is 15.7. The molecule has 0 spiro atoms. The molecule has 1 saturated heterocycles. The van der Waals surface area contributed by atoms with Crippen LogP contribution >= 0.6 is 22.6 Å². The highest BCUT2D eigenvalue weighted by atomic mass is 127. The molecule has 15 heteroatoms. The Morgan fingerprint density at radius 1 is 1.00 bits per heavy atom. The number of nitrogens with zero attached hydrogens (tertiary/aromatic N) is 1. The van der Waals surface area contributed by atoms with Gasteiger partial charge in [0.05, 0.1) is 36.1 Å². The van der Waals surface area contributed by atoms with Crippen molar-refractivity contribution in [3.05, 3.63) is 45.0 Å². The lowest BCUT2D eigenvalue weighted by Crippen LogP contribution is -2.46. The summed E-state index contributed by atoms with van der Waals surface area (Å²) in [6, 6.07) is 5.98. The number of carbonyl (C=O) groups excluding carboxylic acids is 4. The molecule has 3 atom stereocenters. The minimum Gasteiger partial charge on any atom is -0.504 e. The van der Waals surface area contributed by atoms with Crippen LogP contribution in [-0.4, -0.2) is 92.1 Å². The van der Waals surface area contributed by atoms with E-state index in [1.165, 1.54) is 39.3 Å². The summed E-state index contributed by atoms with van der Waals surface area (Å²) in [6.45, 7) is 14.3. The highest BCUT2D eigenvalue weighted by Gasteiger charge is 2.53. The standard InChI is InChI=1S/C36H50BIN2O11/c1-20(15-26(41)29(40(9)33(45)49-34(2,3)4)22-13-14-28(46-10)24(38)19-22)31(43)39-25(32(44)48-12)17-21-16-23(30(47-11)27(42)18-21)37-50-35(5,6)36(7,8)51-37/h13-14,16,18-20,25,29,42H,15,17H2,1-12H3,(H,39,43)/t20-,25+,29+/m1/s1. The molecule has 1 heterocycles. The molecule has 0 radical (unpaired) electrons. The molecule has 2 aromatic rings. The maximum absolute atomic E-state index is 13.9. The van der Waals surface area contributed by atoms with Gasteiger partial charge in [-0.05, 0) is 100 Å². The largest absolute Gasteiger partial charge is 0.504 e. The number of hydrogen-bond acceptors (Lipinski definition) is 11. The maximum atomic E-state index is 13.9. The fraction of sp³-hybridized carbons (Fsp3) is 0.556. The van der Waals surface area contributed by atoms with Gasteiger partial charge < -0.3 is 38.7 Å². The Hall–Kier alpha value is -3.57. The van der Waals surface area contributed by atoms with Crippen LogP contribution in [0.15, 0.2) is 30.3 Å². The number of ketones is 1. The van der Waals surface area contributed by atoms with Crippen molar-refractivity contribution in [2.75, 3.05) is 28.4 Å². The molecule has 0 aromatic heterocycles. The molecule has 2 aromatic carbocycles. The lowest BCUT2D eigenvalue weighted by molar-refractivity contribution is -0.145. The van der Waals surface area contributed by atoms with Crippen molar-refractivity contribution in [2.45, 2.75) is 97.1 Å². The predicted molar refractivity (Wildman–Crippen MR) is 199 cm³/mol. The first-order valence-electron chi connectivity index (χ1n) is 16.5. The SMILES string of the molecule is COC(=O)[C@H](Cc1cc(O)c(OC)c(B2OC(C)(C)C(C)(C)O2)c1)NC(=O)[C@H](C)CC(=O)[C@H](c1ccc(OC)c(I)c1)N(C)C(=O)OC(C)(C)C. The molecule has 1 aliphatic rings. The van der Waals surface area contributed by atoms with E-state index in [0.29, 0.717) is 22.3 Å². The minimum absolute atomic E-state index is 0.0720. The molecule has 280 valence electrons. The predicted octanol–water partition coefficient (Wildman–Crippen LogP) is 4.72. The van der Waals surface area contributed by atoms with Gasteiger partial charge in [0.25, 0.3) is 0 Å². The van der Waals surface area contributed by atoms with E-state index in [1.54, 1.807) is 52.0 Å². The highest BCUT2D eigenvalue weighted by Crippen LogP contribution is 2.38. The molecule has 3 rings (SSSR count). The van der Waals surface area contributed by atoms with Gasteiger partial charge in [0, 0.05) is 31.3 Å². The van der Waals surface area contributed by atoms with Gasteiger partial charge in [-0.2, -0.15) is 0 Å². The molecule has 1 fully saturated rings. The third kappa shape index (κ3) is 10.1. The number of likely N-dealkylation sites (N-methyl/N-ethyl adjacent to an activating group) is 1. The van der Waals surface area contributed by atoms with Crippen molar-refractivity contribution >= 4 is 58.9 Å². The Morgan fingerprint density at radius 2 is 1.61 bits per heavy atom. The molecule has 13 nitrogen and oxygen atoms in total.